The molecule has 4 rings (SSSR count). The van der Waals surface area contributed by atoms with Gasteiger partial charge in [0.05, 0.1) is 0 Å². The molecule has 0 aliphatic carbocycles. The van der Waals surface area contributed by atoms with Crippen molar-refractivity contribution in [1.82, 2.24) is 0 Å². The van der Waals surface area contributed by atoms with Crippen LogP contribution in [0.5, 0.6) is 0 Å². The van der Waals surface area contributed by atoms with Crippen molar-refractivity contribution in [3.8, 4) is 0 Å². The minimum atomic E-state index is -0.272. The van der Waals surface area contributed by atoms with Gasteiger partial charge in [0.15, 0.2) is 0 Å². The van der Waals surface area contributed by atoms with Crippen molar-refractivity contribution in [2.45, 2.75) is 12.8 Å². The fraction of sp³-hybridized carbons (Fsp3) is 0.125. The van der Waals surface area contributed by atoms with Crippen molar-refractivity contribution < 1.29 is 14.4 Å². The Kier molecular flexibility index (Phi) is 5.20. The molecule has 2 amide bonds. The SMILES string of the molecule is O=Cc1ccc(C(=O)Nc2ccc(C(=O)N3CCCc4ccccc43)cc2)cc1. The van der Waals surface area contributed by atoms with Gasteiger partial charge >= 0.3 is 0 Å². The van der Waals surface area contributed by atoms with Gasteiger partial charge in [-0.2, -0.15) is 0 Å². The van der Waals surface area contributed by atoms with Crippen LogP contribution in [0.25, 0.3) is 0 Å². The molecule has 0 fully saturated rings. The van der Waals surface area contributed by atoms with Crippen molar-refractivity contribution in [1.29, 1.82) is 0 Å². The number of aldehydes is 1. The van der Waals surface area contributed by atoms with Crippen molar-refractivity contribution in [3.63, 3.8) is 0 Å². The van der Waals surface area contributed by atoms with E-state index in [1.165, 1.54) is 5.56 Å². The Labute approximate surface area is 169 Å². The molecule has 0 aromatic heterocycles. The number of anilines is 2. The van der Waals surface area contributed by atoms with E-state index in [-0.39, 0.29) is 11.8 Å². The molecule has 0 saturated heterocycles. The van der Waals surface area contributed by atoms with Crippen molar-refractivity contribution >= 4 is 29.5 Å². The summed E-state index contributed by atoms with van der Waals surface area (Å²) in [6, 6.07) is 21.3. The molecule has 5 nitrogen and oxygen atoms in total. The molecular weight excluding hydrogens is 364 g/mol. The summed E-state index contributed by atoms with van der Waals surface area (Å²) in [5.74, 6) is -0.314. The van der Waals surface area contributed by atoms with Crippen LogP contribution < -0.4 is 10.2 Å². The van der Waals surface area contributed by atoms with E-state index in [4.69, 9.17) is 0 Å². The molecule has 0 unspecified atom stereocenters. The van der Waals surface area contributed by atoms with E-state index in [0.717, 1.165) is 24.8 Å². The van der Waals surface area contributed by atoms with E-state index >= 15 is 0 Å². The number of carbonyl (C=O) groups is 3. The normalized spacial score (nSPS) is 12.8. The predicted octanol–water partition coefficient (Wildman–Crippen LogP) is 4.34. The van der Waals surface area contributed by atoms with Gasteiger partial charge in [0.25, 0.3) is 11.8 Å². The monoisotopic (exact) mass is 384 g/mol. The molecule has 3 aromatic rings. The molecule has 1 aliphatic heterocycles. The molecule has 144 valence electrons. The highest BCUT2D eigenvalue weighted by Crippen LogP contribution is 2.28. The highest BCUT2D eigenvalue weighted by Gasteiger charge is 2.23. The van der Waals surface area contributed by atoms with Gasteiger partial charge in [0.1, 0.15) is 6.29 Å². The first-order valence-corrected chi connectivity index (χ1v) is 9.52. The Hall–Kier alpha value is -3.73. The van der Waals surface area contributed by atoms with Crippen LogP contribution in [0.1, 0.15) is 43.1 Å². The number of aryl methyl sites for hydroxylation is 1. The Morgan fingerprint density at radius 2 is 1.55 bits per heavy atom. The van der Waals surface area contributed by atoms with Crippen LogP contribution in [0.15, 0.2) is 72.8 Å². The number of carbonyl (C=O) groups excluding carboxylic acids is 3. The fourth-order valence-corrected chi connectivity index (χ4v) is 3.51. The first kappa shape index (κ1) is 18.6. The zero-order chi connectivity index (χ0) is 20.2. The maximum atomic E-state index is 13.0. The Morgan fingerprint density at radius 3 is 2.28 bits per heavy atom. The summed E-state index contributed by atoms with van der Waals surface area (Å²) in [7, 11) is 0. The molecule has 0 bridgehead atoms. The maximum Gasteiger partial charge on any atom is 0.258 e. The number of hydrogen-bond donors (Lipinski definition) is 1. The van der Waals surface area contributed by atoms with E-state index in [2.05, 4.69) is 11.4 Å². The van der Waals surface area contributed by atoms with Crippen LogP contribution in [0, 0.1) is 0 Å². The zero-order valence-corrected chi connectivity index (χ0v) is 15.8. The number of benzene rings is 3. The Balaban J connectivity index is 1.47. The number of nitrogens with one attached hydrogen (secondary N) is 1. The summed E-state index contributed by atoms with van der Waals surface area (Å²) in [4.78, 5) is 37.9. The second kappa shape index (κ2) is 8.10. The molecule has 0 saturated carbocycles. The molecule has 1 N–H and O–H groups in total. The lowest BCUT2D eigenvalue weighted by Gasteiger charge is -2.29. The largest absolute Gasteiger partial charge is 0.322 e. The first-order chi connectivity index (χ1) is 14.2. The lowest BCUT2D eigenvalue weighted by Crippen LogP contribution is -2.35. The predicted molar refractivity (Wildman–Crippen MR) is 113 cm³/mol. The van der Waals surface area contributed by atoms with Gasteiger partial charge in [-0.3, -0.25) is 14.4 Å². The molecule has 1 heterocycles. The lowest BCUT2D eigenvalue weighted by atomic mass is 10.0. The van der Waals surface area contributed by atoms with Crippen molar-refractivity contribution in [2.24, 2.45) is 0 Å². The van der Waals surface area contributed by atoms with Crippen molar-refractivity contribution in [3.05, 3.63) is 95.1 Å². The smallest absolute Gasteiger partial charge is 0.258 e. The van der Waals surface area contributed by atoms with Crippen LogP contribution >= 0.6 is 0 Å². The molecule has 5 heteroatoms. The van der Waals surface area contributed by atoms with Crippen LogP contribution in [-0.2, 0) is 6.42 Å². The van der Waals surface area contributed by atoms with Crippen LogP contribution in [0.3, 0.4) is 0 Å². The number of hydrogen-bond acceptors (Lipinski definition) is 3. The number of para-hydroxylation sites is 1. The standard InChI is InChI=1S/C24H20N2O3/c27-16-17-7-9-19(10-8-17)23(28)25-21-13-11-20(12-14-21)24(29)26-15-3-5-18-4-1-2-6-22(18)26/h1-2,4,6-14,16H,3,5,15H2,(H,25,28). The van der Waals surface area contributed by atoms with Crippen LogP contribution in [-0.4, -0.2) is 24.6 Å². The summed E-state index contributed by atoms with van der Waals surface area (Å²) in [5, 5.41) is 2.80. The molecule has 0 atom stereocenters. The Morgan fingerprint density at radius 1 is 0.862 bits per heavy atom. The van der Waals surface area contributed by atoms with Gasteiger partial charge in [0.2, 0.25) is 0 Å². The second-order valence-corrected chi connectivity index (χ2v) is 6.96. The van der Waals surface area contributed by atoms with E-state index in [1.54, 1.807) is 48.5 Å². The van der Waals surface area contributed by atoms with Gasteiger partial charge < -0.3 is 10.2 Å². The average molecular weight is 384 g/mol. The van der Waals surface area contributed by atoms with E-state index in [0.29, 0.717) is 28.9 Å². The van der Waals surface area contributed by atoms with Gasteiger partial charge in [0, 0.05) is 34.6 Å². The van der Waals surface area contributed by atoms with E-state index in [1.807, 2.05) is 23.1 Å². The van der Waals surface area contributed by atoms with Gasteiger partial charge in [-0.1, -0.05) is 30.3 Å². The first-order valence-electron chi connectivity index (χ1n) is 9.52. The molecular formula is C24H20N2O3. The highest BCUT2D eigenvalue weighted by molar-refractivity contribution is 6.08. The lowest BCUT2D eigenvalue weighted by molar-refractivity contribution is 0.0983. The zero-order valence-electron chi connectivity index (χ0n) is 15.8. The minimum Gasteiger partial charge on any atom is -0.322 e. The second-order valence-electron chi connectivity index (χ2n) is 6.96. The highest BCUT2D eigenvalue weighted by atomic mass is 16.2. The van der Waals surface area contributed by atoms with Crippen LogP contribution in [0.4, 0.5) is 11.4 Å². The topological polar surface area (TPSA) is 66.5 Å². The number of nitrogens with zero attached hydrogens (tertiary/aromatic N) is 1. The van der Waals surface area contributed by atoms with Gasteiger partial charge in [-0.25, -0.2) is 0 Å². The van der Waals surface area contributed by atoms with Crippen LogP contribution in [0.2, 0.25) is 0 Å². The number of rotatable bonds is 4. The molecule has 29 heavy (non-hydrogen) atoms. The number of fused-ring (bicyclic) bond motifs is 1. The average Bonchev–Trinajstić information content (AvgIpc) is 2.78. The minimum absolute atomic E-state index is 0.0421. The Bertz CT molecular complexity index is 1060. The van der Waals surface area contributed by atoms with Gasteiger partial charge in [-0.15, -0.1) is 0 Å². The fourth-order valence-electron chi connectivity index (χ4n) is 3.51. The van der Waals surface area contributed by atoms with E-state index < -0.39 is 0 Å². The summed E-state index contributed by atoms with van der Waals surface area (Å²) in [6.07, 6.45) is 2.66. The quantitative estimate of drug-likeness (QED) is 0.680. The third kappa shape index (κ3) is 3.94. The third-order valence-corrected chi connectivity index (χ3v) is 5.05. The molecule has 1 aliphatic rings. The summed E-state index contributed by atoms with van der Waals surface area (Å²) in [6.45, 7) is 0.700. The summed E-state index contributed by atoms with van der Waals surface area (Å²) >= 11 is 0. The molecule has 3 aromatic carbocycles. The maximum absolute atomic E-state index is 13.0. The van der Waals surface area contributed by atoms with E-state index in [9.17, 15) is 14.4 Å². The summed E-state index contributed by atoms with van der Waals surface area (Å²) < 4.78 is 0. The molecule has 0 radical (unpaired) electrons. The third-order valence-electron chi connectivity index (χ3n) is 5.05. The summed E-state index contributed by atoms with van der Waals surface area (Å²) in [5.41, 5.74) is 4.32. The van der Waals surface area contributed by atoms with Crippen molar-refractivity contribution in [2.75, 3.05) is 16.8 Å². The molecule has 0 spiro atoms. The van der Waals surface area contributed by atoms with Gasteiger partial charge in [-0.05, 0) is 60.9 Å². The number of amides is 2.